The molecule has 2 aliphatic rings. The van der Waals surface area contributed by atoms with Gasteiger partial charge in [-0.25, -0.2) is 4.79 Å². The molecule has 4 heteroatoms. The summed E-state index contributed by atoms with van der Waals surface area (Å²) in [6.07, 6.45) is 3.36. The van der Waals surface area contributed by atoms with Crippen molar-refractivity contribution in [1.29, 1.82) is 0 Å². The van der Waals surface area contributed by atoms with E-state index in [1.54, 1.807) is 4.90 Å². The van der Waals surface area contributed by atoms with Gasteiger partial charge in [-0.15, -0.1) is 11.8 Å². The molecular formula is C14H17NO2S. The van der Waals surface area contributed by atoms with Crippen molar-refractivity contribution in [2.45, 2.75) is 47.9 Å². The highest BCUT2D eigenvalue weighted by Crippen LogP contribution is 2.42. The van der Waals surface area contributed by atoms with Crippen LogP contribution in [-0.2, 0) is 0 Å². The number of amides is 1. The van der Waals surface area contributed by atoms with E-state index in [0.29, 0.717) is 5.25 Å². The number of benzene rings is 1. The van der Waals surface area contributed by atoms with Gasteiger partial charge < -0.3 is 10.0 Å². The molecule has 2 saturated heterocycles. The predicted octanol–water partition coefficient (Wildman–Crippen LogP) is 3.45. The number of fused-ring (bicyclic) bond motifs is 2. The highest BCUT2D eigenvalue weighted by molar-refractivity contribution is 8.00. The first-order valence-corrected chi connectivity index (χ1v) is 7.35. The van der Waals surface area contributed by atoms with Crippen LogP contribution in [-0.4, -0.2) is 33.4 Å². The number of nitrogens with zero attached hydrogens (tertiary/aromatic N) is 1. The van der Waals surface area contributed by atoms with Crippen molar-refractivity contribution < 1.29 is 9.90 Å². The molecule has 2 heterocycles. The Morgan fingerprint density at radius 2 is 1.78 bits per heavy atom. The summed E-state index contributed by atoms with van der Waals surface area (Å²) in [6, 6.07) is 10.9. The van der Waals surface area contributed by atoms with Gasteiger partial charge in [0.2, 0.25) is 0 Å². The van der Waals surface area contributed by atoms with Crippen molar-refractivity contribution in [3.8, 4) is 0 Å². The fourth-order valence-corrected chi connectivity index (χ4v) is 4.56. The summed E-state index contributed by atoms with van der Waals surface area (Å²) in [4.78, 5) is 14.2. The zero-order valence-corrected chi connectivity index (χ0v) is 11.0. The summed E-state index contributed by atoms with van der Waals surface area (Å²) >= 11 is 1.91. The summed E-state index contributed by atoms with van der Waals surface area (Å²) in [5, 5.41) is 9.78. The lowest BCUT2D eigenvalue weighted by molar-refractivity contribution is 0.104. The smallest absolute Gasteiger partial charge is 0.407 e. The average Bonchev–Trinajstić information content (AvgIpc) is 2.63. The van der Waals surface area contributed by atoms with Crippen molar-refractivity contribution in [2.75, 3.05) is 0 Å². The lowest BCUT2D eigenvalue weighted by atomic mass is 10.0. The first-order chi connectivity index (χ1) is 8.74. The van der Waals surface area contributed by atoms with E-state index in [1.807, 2.05) is 17.8 Å². The molecule has 0 radical (unpaired) electrons. The molecule has 3 nitrogen and oxygen atoms in total. The van der Waals surface area contributed by atoms with Crippen LogP contribution in [0.25, 0.3) is 0 Å². The van der Waals surface area contributed by atoms with Crippen molar-refractivity contribution in [3.63, 3.8) is 0 Å². The zero-order valence-electron chi connectivity index (χ0n) is 10.2. The van der Waals surface area contributed by atoms with Crippen LogP contribution in [0.3, 0.4) is 0 Å². The van der Waals surface area contributed by atoms with E-state index in [4.69, 9.17) is 0 Å². The van der Waals surface area contributed by atoms with Gasteiger partial charge in [-0.05, 0) is 37.8 Å². The van der Waals surface area contributed by atoms with Gasteiger partial charge in [-0.2, -0.15) is 0 Å². The largest absolute Gasteiger partial charge is 0.465 e. The van der Waals surface area contributed by atoms with E-state index in [2.05, 4.69) is 24.3 Å². The second kappa shape index (κ2) is 4.84. The molecule has 1 amide bonds. The van der Waals surface area contributed by atoms with Crippen LogP contribution < -0.4 is 0 Å². The number of rotatable bonds is 2. The minimum Gasteiger partial charge on any atom is -0.465 e. The van der Waals surface area contributed by atoms with Crippen LogP contribution in [0.5, 0.6) is 0 Å². The van der Waals surface area contributed by atoms with Gasteiger partial charge in [0, 0.05) is 22.2 Å². The topological polar surface area (TPSA) is 40.5 Å². The molecule has 0 aliphatic carbocycles. The van der Waals surface area contributed by atoms with E-state index >= 15 is 0 Å². The fraction of sp³-hybridized carbons (Fsp3) is 0.500. The molecule has 2 fully saturated rings. The number of hydrogen-bond acceptors (Lipinski definition) is 2. The second-order valence-corrected chi connectivity index (χ2v) is 6.47. The quantitative estimate of drug-likeness (QED) is 0.888. The Kier molecular flexibility index (Phi) is 3.20. The number of carboxylic acid groups (broad SMARTS) is 1. The van der Waals surface area contributed by atoms with E-state index in [9.17, 15) is 9.90 Å². The Morgan fingerprint density at radius 3 is 2.33 bits per heavy atom. The maximum atomic E-state index is 11.2. The standard InChI is InChI=1S/C14H17NO2S/c16-14(17)15-10-6-7-11(15)9-13(8-10)18-12-4-2-1-3-5-12/h1-5,10-11,13H,6-9H2,(H,16,17). The van der Waals surface area contributed by atoms with Crippen molar-refractivity contribution in [2.24, 2.45) is 0 Å². The van der Waals surface area contributed by atoms with E-state index < -0.39 is 6.09 Å². The number of piperidine rings is 1. The third-order valence-electron chi connectivity index (χ3n) is 3.96. The van der Waals surface area contributed by atoms with Crippen molar-refractivity contribution >= 4 is 17.9 Å². The molecule has 18 heavy (non-hydrogen) atoms. The Bertz CT molecular complexity index is 423. The van der Waals surface area contributed by atoms with Gasteiger partial charge in [0.15, 0.2) is 0 Å². The molecule has 1 aromatic rings. The monoisotopic (exact) mass is 263 g/mol. The molecule has 3 rings (SSSR count). The van der Waals surface area contributed by atoms with Crippen LogP contribution in [0.15, 0.2) is 35.2 Å². The molecule has 0 saturated carbocycles. The average molecular weight is 263 g/mol. The molecular weight excluding hydrogens is 246 g/mol. The molecule has 96 valence electrons. The summed E-state index contributed by atoms with van der Waals surface area (Å²) in [7, 11) is 0. The maximum Gasteiger partial charge on any atom is 0.407 e. The Labute approximate surface area is 111 Å². The first-order valence-electron chi connectivity index (χ1n) is 6.47. The van der Waals surface area contributed by atoms with E-state index in [1.165, 1.54) is 4.90 Å². The van der Waals surface area contributed by atoms with Gasteiger partial charge in [0.1, 0.15) is 0 Å². The van der Waals surface area contributed by atoms with Gasteiger partial charge in [-0.3, -0.25) is 0 Å². The van der Waals surface area contributed by atoms with Crippen LogP contribution >= 0.6 is 11.8 Å². The molecule has 1 aromatic carbocycles. The third kappa shape index (κ3) is 2.21. The highest BCUT2D eigenvalue weighted by atomic mass is 32.2. The summed E-state index contributed by atoms with van der Waals surface area (Å²) in [6.45, 7) is 0. The Hall–Kier alpha value is -1.16. The SMILES string of the molecule is O=C(O)N1C2CCC1CC(Sc1ccccc1)C2. The second-order valence-electron chi connectivity index (χ2n) is 5.10. The van der Waals surface area contributed by atoms with Gasteiger partial charge in [0.25, 0.3) is 0 Å². The Balaban J connectivity index is 1.67. The minimum atomic E-state index is -0.731. The van der Waals surface area contributed by atoms with E-state index in [0.717, 1.165) is 25.7 Å². The molecule has 2 unspecified atom stereocenters. The molecule has 2 bridgehead atoms. The predicted molar refractivity (Wildman–Crippen MR) is 72.0 cm³/mol. The maximum absolute atomic E-state index is 11.2. The zero-order chi connectivity index (χ0) is 12.5. The fourth-order valence-electron chi connectivity index (χ4n) is 3.23. The normalized spacial score (nSPS) is 30.4. The minimum absolute atomic E-state index is 0.252. The van der Waals surface area contributed by atoms with Gasteiger partial charge >= 0.3 is 6.09 Å². The summed E-state index contributed by atoms with van der Waals surface area (Å²) < 4.78 is 0. The summed E-state index contributed by atoms with van der Waals surface area (Å²) in [5.41, 5.74) is 0. The molecule has 2 aliphatic heterocycles. The lowest BCUT2D eigenvalue weighted by Crippen LogP contribution is -2.46. The number of thioether (sulfide) groups is 1. The van der Waals surface area contributed by atoms with Crippen molar-refractivity contribution in [3.05, 3.63) is 30.3 Å². The third-order valence-corrected chi connectivity index (χ3v) is 5.22. The van der Waals surface area contributed by atoms with Gasteiger partial charge in [-0.1, -0.05) is 18.2 Å². The lowest BCUT2D eigenvalue weighted by Gasteiger charge is -2.36. The molecule has 2 atom stereocenters. The molecule has 0 spiro atoms. The van der Waals surface area contributed by atoms with Gasteiger partial charge in [0.05, 0.1) is 0 Å². The van der Waals surface area contributed by atoms with Crippen LogP contribution in [0.4, 0.5) is 4.79 Å². The first kappa shape index (κ1) is 11.9. The highest BCUT2D eigenvalue weighted by Gasteiger charge is 2.43. The van der Waals surface area contributed by atoms with E-state index in [-0.39, 0.29) is 12.1 Å². The molecule has 1 N–H and O–H groups in total. The molecule has 0 aromatic heterocycles. The van der Waals surface area contributed by atoms with Crippen LogP contribution in [0, 0.1) is 0 Å². The van der Waals surface area contributed by atoms with Crippen molar-refractivity contribution in [1.82, 2.24) is 4.90 Å². The number of hydrogen-bond donors (Lipinski definition) is 1. The summed E-state index contributed by atoms with van der Waals surface area (Å²) in [5.74, 6) is 0. The van der Waals surface area contributed by atoms with Crippen LogP contribution in [0.1, 0.15) is 25.7 Å². The Morgan fingerprint density at radius 1 is 1.17 bits per heavy atom. The van der Waals surface area contributed by atoms with Crippen LogP contribution in [0.2, 0.25) is 0 Å². The number of carbonyl (C=O) groups is 1.